The number of aromatic nitrogens is 5. The van der Waals surface area contributed by atoms with Crippen molar-refractivity contribution in [3.63, 3.8) is 0 Å². The Balaban J connectivity index is 1.64. The minimum Gasteiger partial charge on any atom is -0.484 e. The Labute approximate surface area is 123 Å². The Kier molecular flexibility index (Phi) is 4.25. The van der Waals surface area contributed by atoms with Crippen molar-refractivity contribution in [2.24, 2.45) is 7.05 Å². The second kappa shape index (κ2) is 6.49. The average Bonchev–Trinajstić information content (AvgIpc) is 2.76. The summed E-state index contributed by atoms with van der Waals surface area (Å²) in [7, 11) is 1.73. The molecule has 0 spiro atoms. The maximum Gasteiger partial charge on any atom is 0.212 e. The van der Waals surface area contributed by atoms with Crippen LogP contribution in [0.3, 0.4) is 0 Å². The first-order valence-electron chi connectivity index (χ1n) is 7.08. The minimum absolute atomic E-state index is 0.292. The van der Waals surface area contributed by atoms with Crippen molar-refractivity contribution >= 4 is 5.69 Å². The highest BCUT2D eigenvalue weighted by Gasteiger charge is 2.11. The summed E-state index contributed by atoms with van der Waals surface area (Å²) >= 11 is 0. The predicted molar refractivity (Wildman–Crippen MR) is 77.1 cm³/mol. The second-order valence-electron chi connectivity index (χ2n) is 4.95. The molecule has 3 heterocycles. The molecule has 8 heteroatoms. The van der Waals surface area contributed by atoms with Gasteiger partial charge in [0.15, 0.2) is 6.61 Å². The zero-order valence-electron chi connectivity index (χ0n) is 12.1. The fourth-order valence-corrected chi connectivity index (χ4v) is 2.29. The van der Waals surface area contributed by atoms with E-state index in [1.54, 1.807) is 13.2 Å². The van der Waals surface area contributed by atoms with Gasteiger partial charge in [-0.2, -0.15) is 4.80 Å². The van der Waals surface area contributed by atoms with Crippen LogP contribution in [0.5, 0.6) is 5.75 Å². The fourth-order valence-electron chi connectivity index (χ4n) is 2.29. The monoisotopic (exact) mass is 289 g/mol. The second-order valence-corrected chi connectivity index (χ2v) is 4.95. The number of ether oxygens (including phenoxy) is 1. The molecule has 1 N–H and O–H groups in total. The molecule has 0 amide bonds. The molecule has 0 radical (unpaired) electrons. The topological polar surface area (TPSA) is 81.0 Å². The summed E-state index contributed by atoms with van der Waals surface area (Å²) in [6.45, 7) is 4.37. The first kappa shape index (κ1) is 13.7. The smallest absolute Gasteiger partial charge is 0.212 e. The molecule has 0 saturated carbocycles. The highest BCUT2D eigenvalue weighted by atomic mass is 16.5. The predicted octanol–water partition coefficient (Wildman–Crippen LogP) is -0.0162. The highest BCUT2D eigenvalue weighted by molar-refractivity contribution is 5.48. The minimum atomic E-state index is 0.292. The van der Waals surface area contributed by atoms with E-state index in [1.165, 1.54) is 4.80 Å². The quantitative estimate of drug-likeness (QED) is 0.847. The molecule has 2 aromatic heterocycles. The number of aryl methyl sites for hydroxylation is 1. The molecule has 112 valence electrons. The van der Waals surface area contributed by atoms with Crippen LogP contribution in [0, 0.1) is 0 Å². The van der Waals surface area contributed by atoms with Gasteiger partial charge in [0.1, 0.15) is 5.75 Å². The molecular formula is C13H19N7O. The lowest BCUT2D eigenvalue weighted by Gasteiger charge is -2.22. The summed E-state index contributed by atoms with van der Waals surface area (Å²) in [5.41, 5.74) is 1.09. The van der Waals surface area contributed by atoms with Crippen LogP contribution in [0.2, 0.25) is 0 Å². The lowest BCUT2D eigenvalue weighted by atomic mass is 10.3. The van der Waals surface area contributed by atoms with E-state index in [9.17, 15) is 0 Å². The zero-order chi connectivity index (χ0) is 14.5. The van der Waals surface area contributed by atoms with Crippen LogP contribution >= 0.6 is 0 Å². The lowest BCUT2D eigenvalue weighted by Crippen LogP contribution is -2.27. The van der Waals surface area contributed by atoms with Gasteiger partial charge in [-0.1, -0.05) is 0 Å². The Morgan fingerprint density at radius 3 is 3.10 bits per heavy atom. The van der Waals surface area contributed by atoms with Crippen molar-refractivity contribution in [2.75, 3.05) is 31.1 Å². The number of hydrogen-bond donors (Lipinski definition) is 1. The molecule has 3 rings (SSSR count). The van der Waals surface area contributed by atoms with Gasteiger partial charge >= 0.3 is 0 Å². The average molecular weight is 289 g/mol. The Morgan fingerprint density at radius 1 is 1.29 bits per heavy atom. The molecule has 1 saturated heterocycles. The molecule has 8 nitrogen and oxygen atoms in total. The number of tetrazole rings is 1. The number of pyridine rings is 1. The van der Waals surface area contributed by atoms with Crippen LogP contribution < -0.4 is 15.0 Å². The van der Waals surface area contributed by atoms with Gasteiger partial charge in [-0.3, -0.25) is 4.98 Å². The maximum absolute atomic E-state index is 5.68. The third-order valence-corrected chi connectivity index (χ3v) is 3.32. The van der Waals surface area contributed by atoms with E-state index >= 15 is 0 Å². The van der Waals surface area contributed by atoms with Gasteiger partial charge in [0, 0.05) is 25.7 Å². The summed E-state index contributed by atoms with van der Waals surface area (Å²) in [6, 6.07) is 2.01. The van der Waals surface area contributed by atoms with Crippen LogP contribution in [0.25, 0.3) is 0 Å². The van der Waals surface area contributed by atoms with Gasteiger partial charge in [0.2, 0.25) is 5.82 Å². The molecular weight excluding hydrogens is 270 g/mol. The molecule has 1 aliphatic heterocycles. The largest absolute Gasteiger partial charge is 0.484 e. The van der Waals surface area contributed by atoms with Crippen molar-refractivity contribution < 1.29 is 4.74 Å². The van der Waals surface area contributed by atoms with Crippen molar-refractivity contribution in [3.05, 3.63) is 24.3 Å². The van der Waals surface area contributed by atoms with Crippen LogP contribution in [0.15, 0.2) is 18.5 Å². The van der Waals surface area contributed by atoms with E-state index in [4.69, 9.17) is 4.74 Å². The van der Waals surface area contributed by atoms with Crippen LogP contribution in [-0.2, 0) is 13.7 Å². The van der Waals surface area contributed by atoms with Crippen molar-refractivity contribution in [1.82, 2.24) is 30.5 Å². The number of nitrogens with one attached hydrogen (secondary N) is 1. The highest BCUT2D eigenvalue weighted by Crippen LogP contribution is 2.20. The molecule has 1 fully saturated rings. The third-order valence-electron chi connectivity index (χ3n) is 3.32. The number of hydrogen-bond acceptors (Lipinski definition) is 7. The van der Waals surface area contributed by atoms with Crippen molar-refractivity contribution in [2.45, 2.75) is 13.0 Å². The Hall–Kier alpha value is -2.22. The molecule has 21 heavy (non-hydrogen) atoms. The van der Waals surface area contributed by atoms with Crippen molar-refractivity contribution in [1.29, 1.82) is 0 Å². The van der Waals surface area contributed by atoms with Crippen LogP contribution in [-0.4, -0.2) is 51.4 Å². The molecule has 0 bridgehead atoms. The van der Waals surface area contributed by atoms with E-state index in [1.807, 2.05) is 12.3 Å². The zero-order valence-corrected chi connectivity index (χ0v) is 12.1. The molecule has 0 unspecified atom stereocenters. The summed E-state index contributed by atoms with van der Waals surface area (Å²) in [5, 5.41) is 15.1. The van der Waals surface area contributed by atoms with Gasteiger partial charge in [0.25, 0.3) is 0 Å². The van der Waals surface area contributed by atoms with E-state index in [2.05, 4.69) is 30.6 Å². The number of rotatable bonds is 4. The number of anilines is 1. The maximum atomic E-state index is 5.68. The normalized spacial score (nSPS) is 15.8. The van der Waals surface area contributed by atoms with Crippen molar-refractivity contribution in [3.8, 4) is 5.75 Å². The molecule has 2 aromatic rings. The summed E-state index contributed by atoms with van der Waals surface area (Å²) in [6.07, 6.45) is 4.71. The Bertz CT molecular complexity index is 577. The fraction of sp³-hybridized carbons (Fsp3) is 0.538. The van der Waals surface area contributed by atoms with Gasteiger partial charge in [-0.25, -0.2) is 0 Å². The summed E-state index contributed by atoms with van der Waals surface area (Å²) in [4.78, 5) is 7.99. The number of nitrogens with zero attached hydrogens (tertiary/aromatic N) is 6. The first-order valence-corrected chi connectivity index (χ1v) is 7.08. The third kappa shape index (κ3) is 3.66. The molecule has 0 aromatic carbocycles. The van der Waals surface area contributed by atoms with Gasteiger partial charge in [-0.05, 0) is 18.2 Å². The molecule has 0 aliphatic carbocycles. The van der Waals surface area contributed by atoms with E-state index in [-0.39, 0.29) is 0 Å². The van der Waals surface area contributed by atoms with E-state index in [0.717, 1.165) is 44.0 Å². The van der Waals surface area contributed by atoms with Gasteiger partial charge < -0.3 is 15.0 Å². The summed E-state index contributed by atoms with van der Waals surface area (Å²) < 4.78 is 5.68. The van der Waals surface area contributed by atoms with Gasteiger partial charge in [0.05, 0.1) is 25.1 Å². The molecule has 1 aliphatic rings. The summed E-state index contributed by atoms with van der Waals surface area (Å²) in [5.74, 6) is 1.28. The van der Waals surface area contributed by atoms with Crippen LogP contribution in [0.1, 0.15) is 12.2 Å². The van der Waals surface area contributed by atoms with Gasteiger partial charge in [-0.15, -0.1) is 10.2 Å². The van der Waals surface area contributed by atoms with Crippen LogP contribution in [0.4, 0.5) is 5.69 Å². The van der Waals surface area contributed by atoms with E-state index < -0.39 is 0 Å². The SMILES string of the molecule is Cn1nnc(COc2cncc(N3CCCNCC3)c2)n1. The van der Waals surface area contributed by atoms with E-state index in [0.29, 0.717) is 12.4 Å². The Morgan fingerprint density at radius 2 is 2.24 bits per heavy atom. The first-order chi connectivity index (χ1) is 10.3. The molecule has 0 atom stereocenters. The lowest BCUT2D eigenvalue weighted by molar-refractivity contribution is 0.294. The standard InChI is InChI=1S/C13H19N7O/c1-19-17-13(16-18-19)10-21-12-7-11(8-15-9-12)20-5-2-3-14-4-6-20/h7-9,14H,2-6,10H2,1H3.